The lowest BCUT2D eigenvalue weighted by molar-refractivity contribution is 0.629. The van der Waals surface area contributed by atoms with E-state index in [0.717, 1.165) is 23.9 Å². The molecule has 2 N–H and O–H groups in total. The second kappa shape index (κ2) is 3.80. The van der Waals surface area contributed by atoms with Crippen LogP contribution >= 0.6 is 0 Å². The van der Waals surface area contributed by atoms with Gasteiger partial charge in [0.05, 0.1) is 0 Å². The van der Waals surface area contributed by atoms with Crippen molar-refractivity contribution in [2.75, 3.05) is 13.6 Å². The van der Waals surface area contributed by atoms with Gasteiger partial charge in [-0.15, -0.1) is 0 Å². The fourth-order valence-corrected chi connectivity index (χ4v) is 1.63. The fourth-order valence-electron chi connectivity index (χ4n) is 1.63. The van der Waals surface area contributed by atoms with Crippen molar-refractivity contribution in [3.05, 3.63) is 35.8 Å². The van der Waals surface area contributed by atoms with Gasteiger partial charge in [-0.25, -0.2) is 4.39 Å². The molecule has 0 saturated heterocycles. The van der Waals surface area contributed by atoms with E-state index in [9.17, 15) is 4.39 Å². The smallest absolute Gasteiger partial charge is 0.125 e. The molecule has 0 aliphatic heterocycles. The molecule has 0 aliphatic rings. The third-order valence-corrected chi connectivity index (χ3v) is 2.37. The van der Waals surface area contributed by atoms with Crippen LogP contribution < -0.4 is 5.32 Å². The maximum absolute atomic E-state index is 12.9. The predicted octanol–water partition coefficient (Wildman–Crippen LogP) is 2.07. The second-order valence-electron chi connectivity index (χ2n) is 3.36. The highest BCUT2D eigenvalue weighted by molar-refractivity contribution is 5.83. The summed E-state index contributed by atoms with van der Waals surface area (Å²) in [4.78, 5) is 3.07. The topological polar surface area (TPSA) is 27.8 Å². The van der Waals surface area contributed by atoms with Gasteiger partial charge < -0.3 is 10.3 Å². The molecular formula is C11H13FN2. The zero-order chi connectivity index (χ0) is 9.97. The molecule has 0 spiro atoms. The average molecular weight is 192 g/mol. The molecule has 14 heavy (non-hydrogen) atoms. The number of benzene rings is 1. The Kier molecular flexibility index (Phi) is 2.50. The molecule has 1 aromatic carbocycles. The minimum absolute atomic E-state index is 0.195. The van der Waals surface area contributed by atoms with E-state index >= 15 is 0 Å². The normalized spacial score (nSPS) is 11.0. The first-order chi connectivity index (χ1) is 6.81. The van der Waals surface area contributed by atoms with Crippen molar-refractivity contribution in [3.63, 3.8) is 0 Å². The summed E-state index contributed by atoms with van der Waals surface area (Å²) in [6, 6.07) is 4.85. The summed E-state index contributed by atoms with van der Waals surface area (Å²) in [5, 5.41) is 4.21. The molecule has 74 valence electrons. The van der Waals surface area contributed by atoms with E-state index in [1.165, 1.54) is 17.7 Å². The zero-order valence-corrected chi connectivity index (χ0v) is 8.10. The number of likely N-dealkylation sites (N-methyl/N-ethyl adjacent to an activating group) is 1. The summed E-state index contributed by atoms with van der Waals surface area (Å²) < 4.78 is 12.9. The van der Waals surface area contributed by atoms with Crippen LogP contribution in [0.15, 0.2) is 24.4 Å². The van der Waals surface area contributed by atoms with Crippen molar-refractivity contribution in [2.24, 2.45) is 0 Å². The number of halogens is 1. The second-order valence-corrected chi connectivity index (χ2v) is 3.36. The molecule has 0 bridgehead atoms. The lowest BCUT2D eigenvalue weighted by Gasteiger charge is -1.97. The van der Waals surface area contributed by atoms with Crippen LogP contribution in [0.25, 0.3) is 10.9 Å². The van der Waals surface area contributed by atoms with Gasteiger partial charge in [-0.2, -0.15) is 0 Å². The van der Waals surface area contributed by atoms with E-state index in [4.69, 9.17) is 0 Å². The quantitative estimate of drug-likeness (QED) is 0.765. The molecule has 2 aromatic rings. The lowest BCUT2D eigenvalue weighted by atomic mass is 10.1. The number of fused-ring (bicyclic) bond motifs is 1. The Balaban J connectivity index is 2.37. The van der Waals surface area contributed by atoms with E-state index in [1.54, 1.807) is 0 Å². The Morgan fingerprint density at radius 3 is 3.07 bits per heavy atom. The average Bonchev–Trinajstić information content (AvgIpc) is 2.57. The standard InChI is InChI=1S/C11H13FN2/c1-13-5-4-8-7-14-11-6-9(12)2-3-10(8)11/h2-3,6-7,13-14H,4-5H2,1H3. The van der Waals surface area contributed by atoms with E-state index in [0.29, 0.717) is 0 Å². The molecule has 2 nitrogen and oxygen atoms in total. The highest BCUT2D eigenvalue weighted by atomic mass is 19.1. The number of hydrogen-bond donors (Lipinski definition) is 2. The molecule has 3 heteroatoms. The Hall–Kier alpha value is -1.35. The first-order valence-electron chi connectivity index (χ1n) is 4.71. The molecule has 0 aliphatic carbocycles. The van der Waals surface area contributed by atoms with Gasteiger partial charge in [0.25, 0.3) is 0 Å². The molecule has 0 atom stereocenters. The monoisotopic (exact) mass is 192 g/mol. The molecule has 1 aromatic heterocycles. The molecule has 0 fully saturated rings. The number of rotatable bonds is 3. The van der Waals surface area contributed by atoms with Crippen LogP contribution in [0.5, 0.6) is 0 Å². The van der Waals surface area contributed by atoms with Crippen LogP contribution in [0.2, 0.25) is 0 Å². The Labute approximate surface area is 82.1 Å². The summed E-state index contributed by atoms with van der Waals surface area (Å²) in [6.07, 6.45) is 2.91. The first-order valence-corrected chi connectivity index (χ1v) is 4.71. The summed E-state index contributed by atoms with van der Waals surface area (Å²) in [5.74, 6) is -0.195. The van der Waals surface area contributed by atoms with Gasteiger partial charge in [-0.3, -0.25) is 0 Å². The van der Waals surface area contributed by atoms with Gasteiger partial charge in [0, 0.05) is 17.1 Å². The van der Waals surface area contributed by atoms with E-state index in [2.05, 4.69) is 10.3 Å². The van der Waals surface area contributed by atoms with Gasteiger partial charge in [0.15, 0.2) is 0 Å². The van der Waals surface area contributed by atoms with Gasteiger partial charge >= 0.3 is 0 Å². The maximum Gasteiger partial charge on any atom is 0.125 e. The number of H-pyrrole nitrogens is 1. The lowest BCUT2D eigenvalue weighted by Crippen LogP contribution is -2.09. The third kappa shape index (κ3) is 1.63. The van der Waals surface area contributed by atoms with Crippen molar-refractivity contribution < 1.29 is 4.39 Å². The molecule has 1 heterocycles. The number of hydrogen-bond acceptors (Lipinski definition) is 1. The van der Waals surface area contributed by atoms with Crippen LogP contribution in [0.1, 0.15) is 5.56 Å². The van der Waals surface area contributed by atoms with E-state index in [1.807, 2.05) is 19.3 Å². The van der Waals surface area contributed by atoms with Crippen molar-refractivity contribution in [3.8, 4) is 0 Å². The Bertz CT molecular complexity index is 434. The van der Waals surface area contributed by atoms with Gasteiger partial charge in [0.2, 0.25) is 0 Å². The van der Waals surface area contributed by atoms with Gasteiger partial charge in [0.1, 0.15) is 5.82 Å². The Morgan fingerprint density at radius 2 is 2.29 bits per heavy atom. The van der Waals surface area contributed by atoms with Crippen molar-refractivity contribution in [1.82, 2.24) is 10.3 Å². The van der Waals surface area contributed by atoms with Crippen molar-refractivity contribution >= 4 is 10.9 Å². The van der Waals surface area contributed by atoms with Crippen molar-refractivity contribution in [1.29, 1.82) is 0 Å². The van der Waals surface area contributed by atoms with E-state index < -0.39 is 0 Å². The minimum Gasteiger partial charge on any atom is -0.361 e. The summed E-state index contributed by atoms with van der Waals surface area (Å²) in [7, 11) is 1.93. The van der Waals surface area contributed by atoms with Crippen molar-refractivity contribution in [2.45, 2.75) is 6.42 Å². The zero-order valence-electron chi connectivity index (χ0n) is 8.10. The predicted molar refractivity (Wildman–Crippen MR) is 55.9 cm³/mol. The summed E-state index contributed by atoms with van der Waals surface area (Å²) in [5.41, 5.74) is 2.10. The largest absolute Gasteiger partial charge is 0.361 e. The molecular weight excluding hydrogens is 179 g/mol. The highest BCUT2D eigenvalue weighted by Gasteiger charge is 2.03. The van der Waals surface area contributed by atoms with Gasteiger partial charge in [-0.1, -0.05) is 0 Å². The van der Waals surface area contributed by atoms with Crippen LogP contribution in [-0.2, 0) is 6.42 Å². The molecule has 0 radical (unpaired) electrons. The first kappa shape index (κ1) is 9.21. The summed E-state index contributed by atoms with van der Waals surface area (Å²) in [6.45, 7) is 0.935. The van der Waals surface area contributed by atoms with E-state index in [-0.39, 0.29) is 5.82 Å². The minimum atomic E-state index is -0.195. The van der Waals surface area contributed by atoms with Crippen LogP contribution in [0.3, 0.4) is 0 Å². The van der Waals surface area contributed by atoms with Crippen LogP contribution in [0, 0.1) is 5.82 Å². The molecule has 0 amide bonds. The molecule has 2 rings (SSSR count). The van der Waals surface area contributed by atoms with Gasteiger partial charge in [-0.05, 0) is 43.8 Å². The SMILES string of the molecule is CNCCc1c[nH]c2cc(F)ccc12. The fraction of sp³-hybridized carbons (Fsp3) is 0.273. The number of aromatic nitrogens is 1. The maximum atomic E-state index is 12.9. The number of nitrogens with one attached hydrogen (secondary N) is 2. The van der Waals surface area contributed by atoms with Crippen LogP contribution in [0.4, 0.5) is 4.39 Å². The number of aromatic amines is 1. The molecule has 0 unspecified atom stereocenters. The molecule has 0 saturated carbocycles. The summed E-state index contributed by atoms with van der Waals surface area (Å²) >= 11 is 0. The third-order valence-electron chi connectivity index (χ3n) is 2.37. The highest BCUT2D eigenvalue weighted by Crippen LogP contribution is 2.19. The van der Waals surface area contributed by atoms with Crippen LogP contribution in [-0.4, -0.2) is 18.6 Å². The Morgan fingerprint density at radius 1 is 1.43 bits per heavy atom.